The molecule has 1 aliphatic rings. The first kappa shape index (κ1) is 15.6. The summed E-state index contributed by atoms with van der Waals surface area (Å²) in [4.78, 5) is 11.5. The summed E-state index contributed by atoms with van der Waals surface area (Å²) in [6, 6.07) is 4.57. The topological polar surface area (TPSA) is 53.2 Å². The van der Waals surface area contributed by atoms with Crippen LogP contribution in [0.1, 0.15) is 24.8 Å². The molecule has 0 saturated heterocycles. The molecular formula is C14H18F3N3O. The Labute approximate surface area is 121 Å². The van der Waals surface area contributed by atoms with E-state index in [0.29, 0.717) is 18.3 Å². The van der Waals surface area contributed by atoms with Crippen LogP contribution in [0.15, 0.2) is 24.3 Å². The third kappa shape index (κ3) is 5.63. The van der Waals surface area contributed by atoms with Crippen molar-refractivity contribution in [2.75, 3.05) is 18.4 Å². The van der Waals surface area contributed by atoms with Crippen molar-refractivity contribution in [2.24, 2.45) is 0 Å². The summed E-state index contributed by atoms with van der Waals surface area (Å²) in [5.74, 6) is 0. The van der Waals surface area contributed by atoms with E-state index in [1.54, 1.807) is 0 Å². The van der Waals surface area contributed by atoms with Crippen LogP contribution >= 0.6 is 0 Å². The second kappa shape index (κ2) is 6.80. The lowest BCUT2D eigenvalue weighted by molar-refractivity contribution is -0.137. The van der Waals surface area contributed by atoms with Gasteiger partial charge in [-0.2, -0.15) is 13.2 Å². The molecule has 0 unspecified atom stereocenters. The lowest BCUT2D eigenvalue weighted by Gasteiger charge is -2.10. The molecule has 7 heteroatoms. The molecule has 1 aliphatic carbocycles. The third-order valence-corrected chi connectivity index (χ3v) is 3.12. The highest BCUT2D eigenvalue weighted by Gasteiger charge is 2.29. The van der Waals surface area contributed by atoms with E-state index in [9.17, 15) is 18.0 Å². The van der Waals surface area contributed by atoms with Gasteiger partial charge in [0, 0.05) is 18.3 Å². The van der Waals surface area contributed by atoms with Gasteiger partial charge in [-0.3, -0.25) is 0 Å². The number of anilines is 1. The molecular weight excluding hydrogens is 283 g/mol. The van der Waals surface area contributed by atoms with Gasteiger partial charge in [-0.1, -0.05) is 0 Å². The number of rotatable bonds is 6. The summed E-state index contributed by atoms with van der Waals surface area (Å²) in [5, 5.41) is 8.47. The maximum atomic E-state index is 12.4. The molecule has 1 aromatic carbocycles. The summed E-state index contributed by atoms with van der Waals surface area (Å²) in [6.45, 7) is 1.37. The minimum atomic E-state index is -4.37. The molecule has 0 radical (unpaired) electrons. The lowest BCUT2D eigenvalue weighted by Crippen LogP contribution is -2.31. The Hall–Kier alpha value is -1.76. The van der Waals surface area contributed by atoms with Crippen molar-refractivity contribution in [3.05, 3.63) is 29.8 Å². The number of amides is 2. The molecule has 4 nitrogen and oxygen atoms in total. The molecule has 0 atom stereocenters. The predicted molar refractivity (Wildman–Crippen MR) is 74.1 cm³/mol. The van der Waals surface area contributed by atoms with Crippen molar-refractivity contribution < 1.29 is 18.0 Å². The van der Waals surface area contributed by atoms with Gasteiger partial charge in [-0.05, 0) is 50.1 Å². The number of carbonyl (C=O) groups excluding carboxylic acids is 1. The van der Waals surface area contributed by atoms with Crippen LogP contribution in [0.25, 0.3) is 0 Å². The Balaban J connectivity index is 1.66. The molecule has 1 saturated carbocycles. The molecule has 0 heterocycles. The van der Waals surface area contributed by atoms with Gasteiger partial charge in [0.05, 0.1) is 5.56 Å². The van der Waals surface area contributed by atoms with E-state index in [1.165, 1.54) is 25.0 Å². The number of alkyl halides is 3. The lowest BCUT2D eigenvalue weighted by atomic mass is 10.2. The molecule has 1 aromatic rings. The fraction of sp³-hybridized carbons (Fsp3) is 0.500. The Morgan fingerprint density at radius 3 is 2.38 bits per heavy atom. The summed E-state index contributed by atoms with van der Waals surface area (Å²) >= 11 is 0. The summed E-state index contributed by atoms with van der Waals surface area (Å²) in [6.07, 6.45) is -1.10. The van der Waals surface area contributed by atoms with Crippen LogP contribution in [0, 0.1) is 0 Å². The van der Waals surface area contributed by atoms with Gasteiger partial charge in [0.25, 0.3) is 0 Å². The first-order valence-electron chi connectivity index (χ1n) is 6.90. The molecule has 0 aliphatic heterocycles. The minimum Gasteiger partial charge on any atom is -0.338 e. The molecule has 21 heavy (non-hydrogen) atoms. The average molecular weight is 301 g/mol. The van der Waals surface area contributed by atoms with Crippen molar-refractivity contribution in [2.45, 2.75) is 31.5 Å². The number of halogens is 3. The average Bonchev–Trinajstić information content (AvgIpc) is 3.22. The fourth-order valence-corrected chi connectivity index (χ4v) is 1.80. The third-order valence-electron chi connectivity index (χ3n) is 3.12. The van der Waals surface area contributed by atoms with Crippen LogP contribution in [-0.4, -0.2) is 25.2 Å². The summed E-state index contributed by atoms with van der Waals surface area (Å²) < 4.78 is 37.1. The van der Waals surface area contributed by atoms with Crippen molar-refractivity contribution >= 4 is 11.7 Å². The molecule has 2 amide bonds. The first-order chi connectivity index (χ1) is 9.95. The molecule has 2 rings (SSSR count). The quantitative estimate of drug-likeness (QED) is 0.708. The molecule has 0 aromatic heterocycles. The van der Waals surface area contributed by atoms with E-state index < -0.39 is 17.8 Å². The van der Waals surface area contributed by atoms with E-state index in [4.69, 9.17) is 0 Å². The van der Waals surface area contributed by atoms with Gasteiger partial charge in [-0.15, -0.1) is 0 Å². The molecule has 116 valence electrons. The smallest absolute Gasteiger partial charge is 0.338 e. The number of carbonyl (C=O) groups is 1. The van der Waals surface area contributed by atoms with Crippen molar-refractivity contribution in [1.29, 1.82) is 0 Å². The summed E-state index contributed by atoms with van der Waals surface area (Å²) in [7, 11) is 0. The maximum absolute atomic E-state index is 12.4. The van der Waals surface area contributed by atoms with Crippen LogP contribution in [-0.2, 0) is 6.18 Å². The van der Waals surface area contributed by atoms with E-state index in [2.05, 4.69) is 16.0 Å². The zero-order chi connectivity index (χ0) is 15.3. The van der Waals surface area contributed by atoms with E-state index in [1.807, 2.05) is 0 Å². The van der Waals surface area contributed by atoms with Gasteiger partial charge in [-0.25, -0.2) is 4.79 Å². The highest BCUT2D eigenvalue weighted by molar-refractivity contribution is 5.89. The highest BCUT2D eigenvalue weighted by atomic mass is 19.4. The normalized spacial score (nSPS) is 14.8. The Bertz CT molecular complexity index is 469. The number of hydrogen-bond acceptors (Lipinski definition) is 2. The largest absolute Gasteiger partial charge is 0.416 e. The Kier molecular flexibility index (Phi) is 5.06. The standard InChI is InChI=1S/C14H18F3N3O/c15-14(16,17)10-2-4-12(5-3-10)20-13(21)19-9-1-8-18-11-6-7-11/h2-5,11,18H,1,6-9H2,(H2,19,20,21). The van der Waals surface area contributed by atoms with Crippen molar-refractivity contribution in [1.82, 2.24) is 10.6 Å². The molecule has 0 spiro atoms. The first-order valence-corrected chi connectivity index (χ1v) is 6.90. The number of benzene rings is 1. The maximum Gasteiger partial charge on any atom is 0.416 e. The monoisotopic (exact) mass is 301 g/mol. The van der Waals surface area contributed by atoms with Gasteiger partial charge < -0.3 is 16.0 Å². The number of urea groups is 1. The van der Waals surface area contributed by atoms with Gasteiger partial charge in [0.1, 0.15) is 0 Å². The van der Waals surface area contributed by atoms with Gasteiger partial charge in [0.2, 0.25) is 0 Å². The zero-order valence-electron chi connectivity index (χ0n) is 11.5. The minimum absolute atomic E-state index is 0.330. The number of hydrogen-bond donors (Lipinski definition) is 3. The van der Waals surface area contributed by atoms with Crippen LogP contribution in [0.3, 0.4) is 0 Å². The fourth-order valence-electron chi connectivity index (χ4n) is 1.80. The van der Waals surface area contributed by atoms with Crippen molar-refractivity contribution in [3.63, 3.8) is 0 Å². The zero-order valence-corrected chi connectivity index (χ0v) is 11.5. The molecule has 1 fully saturated rings. The molecule has 0 bridgehead atoms. The van der Waals surface area contributed by atoms with Crippen molar-refractivity contribution in [3.8, 4) is 0 Å². The molecule has 3 N–H and O–H groups in total. The van der Waals surface area contributed by atoms with E-state index in [0.717, 1.165) is 25.1 Å². The Morgan fingerprint density at radius 2 is 1.81 bits per heavy atom. The van der Waals surface area contributed by atoms with E-state index >= 15 is 0 Å². The van der Waals surface area contributed by atoms with Crippen LogP contribution in [0.2, 0.25) is 0 Å². The predicted octanol–water partition coefficient (Wildman–Crippen LogP) is 2.97. The van der Waals surface area contributed by atoms with Crippen LogP contribution < -0.4 is 16.0 Å². The summed E-state index contributed by atoms with van der Waals surface area (Å²) in [5.41, 5.74) is -0.406. The van der Waals surface area contributed by atoms with Crippen LogP contribution in [0.4, 0.5) is 23.7 Å². The van der Waals surface area contributed by atoms with Crippen LogP contribution in [0.5, 0.6) is 0 Å². The second-order valence-corrected chi connectivity index (χ2v) is 5.04. The van der Waals surface area contributed by atoms with Gasteiger partial charge in [0.15, 0.2) is 0 Å². The second-order valence-electron chi connectivity index (χ2n) is 5.04. The Morgan fingerprint density at radius 1 is 1.14 bits per heavy atom. The highest BCUT2D eigenvalue weighted by Crippen LogP contribution is 2.29. The van der Waals surface area contributed by atoms with Gasteiger partial charge >= 0.3 is 12.2 Å². The SMILES string of the molecule is O=C(NCCCNC1CC1)Nc1ccc(C(F)(F)F)cc1. The number of nitrogens with one attached hydrogen (secondary N) is 3. The van der Waals surface area contributed by atoms with E-state index in [-0.39, 0.29) is 0 Å².